The molecular weight excluding hydrogens is 1030 g/mol. The largest absolute Gasteiger partial charge is 0.485 e. The van der Waals surface area contributed by atoms with Crippen molar-refractivity contribution in [3.05, 3.63) is 59.7 Å². The Balaban J connectivity index is 1.59. The molecule has 0 spiro atoms. The summed E-state index contributed by atoms with van der Waals surface area (Å²) in [5.41, 5.74) is 5.24. The van der Waals surface area contributed by atoms with Gasteiger partial charge in [-0.2, -0.15) is 0 Å². The summed E-state index contributed by atoms with van der Waals surface area (Å²) in [6, 6.07) is 1.62. The molecule has 0 bridgehead atoms. The summed E-state index contributed by atoms with van der Waals surface area (Å²) in [7, 11) is 0. The first kappa shape index (κ1) is 60.5. The van der Waals surface area contributed by atoms with Crippen LogP contribution < -0.4 is 41.2 Å². The number of amides is 8. The number of benzene rings is 2. The van der Waals surface area contributed by atoms with E-state index in [9.17, 15) is 69.0 Å². The number of hydrogen-bond acceptors (Lipinski definition) is 21. The predicted octanol–water partition coefficient (Wildman–Crippen LogP) is -3.45. The van der Waals surface area contributed by atoms with Gasteiger partial charge in [0.2, 0.25) is 41.4 Å². The number of nitrogens with two attached hydrogens (primary N) is 1. The van der Waals surface area contributed by atoms with E-state index in [2.05, 4.69) is 36.0 Å². The van der Waals surface area contributed by atoms with Gasteiger partial charge < -0.3 is 86.4 Å². The highest BCUT2D eigenvalue weighted by atomic mass is 32.2. The molecule has 13 atom stereocenters. The fourth-order valence-corrected chi connectivity index (χ4v) is 8.97. The number of nitrogens with zero attached hydrogens (tertiary/aromatic N) is 2. The normalized spacial score (nSPS) is 27.5. The fraction of sp³-hybridized carbons (Fsp3) is 0.574. The molecule has 14 N–H and O–H groups in total. The van der Waals surface area contributed by atoms with Crippen LogP contribution in [0.1, 0.15) is 65.0 Å². The number of fused-ring (bicyclic) bond motifs is 2. The number of aliphatic hydroxyl groups excluding tert-OH is 6. The minimum atomic E-state index is -2.19. The molecule has 3 heterocycles. The number of primary amides is 1. The Morgan fingerprint density at radius 1 is 0.803 bits per heavy atom. The van der Waals surface area contributed by atoms with E-state index in [0.717, 1.165) is 22.3 Å². The third kappa shape index (κ3) is 16.5. The van der Waals surface area contributed by atoms with Gasteiger partial charge in [0.05, 0.1) is 43.0 Å². The highest BCUT2D eigenvalue weighted by Crippen LogP contribution is 2.33. The lowest BCUT2D eigenvalue weighted by Gasteiger charge is -2.33. The molecule has 5 rings (SSSR count). The molecule has 3 saturated heterocycles. The van der Waals surface area contributed by atoms with Crippen molar-refractivity contribution in [3.63, 3.8) is 0 Å². The van der Waals surface area contributed by atoms with Crippen molar-refractivity contribution in [3.8, 4) is 11.5 Å². The summed E-state index contributed by atoms with van der Waals surface area (Å²) in [4.78, 5) is 113. The van der Waals surface area contributed by atoms with Crippen LogP contribution in [0.4, 0.5) is 4.79 Å². The maximum atomic E-state index is 14.7. The fourth-order valence-electron chi connectivity index (χ4n) is 8.71. The van der Waals surface area contributed by atoms with Crippen molar-refractivity contribution >= 4 is 59.8 Å². The van der Waals surface area contributed by atoms with Gasteiger partial charge in [-0.15, -0.1) is 0 Å². The first-order valence-corrected chi connectivity index (χ1v) is 24.7. The quantitative estimate of drug-likeness (QED) is 0.0357. The van der Waals surface area contributed by atoms with E-state index in [1.54, 1.807) is 30.3 Å². The van der Waals surface area contributed by atoms with E-state index in [-0.39, 0.29) is 42.5 Å². The summed E-state index contributed by atoms with van der Waals surface area (Å²) >= 11 is 0.159. The van der Waals surface area contributed by atoms with Crippen molar-refractivity contribution in [1.29, 1.82) is 0 Å². The highest BCUT2D eigenvalue weighted by molar-refractivity contribution is 7.90. The molecule has 0 aliphatic carbocycles. The van der Waals surface area contributed by atoms with Crippen molar-refractivity contribution < 1.29 is 97.3 Å². The Kier molecular flexibility index (Phi) is 21.5. The average Bonchev–Trinajstić information content (AvgIpc) is 3.89. The summed E-state index contributed by atoms with van der Waals surface area (Å²) in [6.07, 6.45) is -14.5. The van der Waals surface area contributed by atoms with Crippen LogP contribution in [0.15, 0.2) is 48.5 Å². The third-order valence-corrected chi connectivity index (χ3v) is 12.8. The molecular formula is C47H66N8O20S. The number of β-amino-alcohol motifs (C(OH)–C–C–N with tert-alkyl or cyclic N) is 1. The summed E-state index contributed by atoms with van der Waals surface area (Å²) in [5, 5.41) is 91.6. The minimum absolute atomic E-state index is 0.0480. The predicted molar refractivity (Wildman–Crippen MR) is 261 cm³/mol. The molecule has 28 nitrogen and oxygen atoms in total. The van der Waals surface area contributed by atoms with Gasteiger partial charge in [0.25, 0.3) is 12.3 Å². The van der Waals surface area contributed by atoms with Gasteiger partial charge in [-0.1, -0.05) is 52.7 Å². The van der Waals surface area contributed by atoms with Crippen LogP contribution >= 0.6 is 12.3 Å². The van der Waals surface area contributed by atoms with Gasteiger partial charge >= 0.3 is 6.09 Å². The standard InChI is InChI=1S/C47H66N8O20S/c1-22-19-55-38(39(22)62)43(66)49-18-26(57)15-28(50-46(69)72-47(3,4)5)40(63)51-35(23(2)56)44(67)54-20-27(58)16-29(54)41(64)52-36(42(65)53-37(45(55)68)31(60)17-34(48)61)30(59)13-25-11-12-32(33(14-25)73-76-75-74-70)71-21-24-9-7-6-8-10-24/h6-12,14,22-23,26-31,35-39,56-60,62,70H,13,15-21H2,1-5H3,(H2,48,61)(H,49,66)(H,50,69)(H,51,63)(H,52,64)(H,53,65)/t22-,23+,26+,27+,28?,29-,30+,31+,35-,36-,37-,38-,39-/m0/s1. The molecule has 1 unspecified atom stereocenters. The van der Waals surface area contributed by atoms with E-state index in [1.165, 1.54) is 45.9 Å². The average molecular weight is 1100 g/mol. The Hall–Kier alpha value is -6.41. The number of rotatable bonds is 15. The van der Waals surface area contributed by atoms with Crippen LogP contribution in [0, 0.1) is 5.92 Å². The smallest absolute Gasteiger partial charge is 0.408 e. The maximum Gasteiger partial charge on any atom is 0.408 e. The van der Waals surface area contributed by atoms with Crippen molar-refractivity contribution in [2.24, 2.45) is 11.7 Å². The number of carbonyl (C=O) groups is 8. The van der Waals surface area contributed by atoms with Gasteiger partial charge in [0.15, 0.2) is 11.5 Å². The van der Waals surface area contributed by atoms with Crippen LogP contribution in [-0.2, 0) is 60.7 Å². The molecule has 8 amide bonds. The topological polar surface area (TPSA) is 417 Å². The van der Waals surface area contributed by atoms with E-state index in [0.29, 0.717) is 0 Å². The van der Waals surface area contributed by atoms with Crippen molar-refractivity contribution in [1.82, 2.24) is 36.4 Å². The molecule has 2 aromatic rings. The highest BCUT2D eigenvalue weighted by Gasteiger charge is 2.50. The van der Waals surface area contributed by atoms with Gasteiger partial charge in [-0.25, -0.2) is 10.1 Å². The summed E-state index contributed by atoms with van der Waals surface area (Å²) in [6.45, 7) is 5.55. The molecule has 0 radical (unpaired) electrons. The lowest BCUT2D eigenvalue weighted by molar-refractivity contribution is -0.433. The van der Waals surface area contributed by atoms with E-state index in [1.807, 2.05) is 0 Å². The van der Waals surface area contributed by atoms with E-state index in [4.69, 9.17) is 24.6 Å². The van der Waals surface area contributed by atoms with Gasteiger partial charge in [0.1, 0.15) is 48.5 Å². The lowest BCUT2D eigenvalue weighted by atomic mass is 9.98. The molecule has 0 saturated carbocycles. The SMILES string of the molecule is C[C@@H](O)[C@@H]1NC(=O)C(NC(=O)OC(C)(C)C)C[C@@H](O)CNC(=O)[C@@H]2[C@@H](O)[C@@H](C)CN2C(=O)[C@H]([C@H](O)CC(N)=O)NC(=O)[C@H]([C@H](O)Cc2ccc(OCc3ccccc3)c(OSOOO)c2)NC(=O)[C@@H]2C[C@@H](O)CN2C1=O. The molecule has 76 heavy (non-hydrogen) atoms. The first-order chi connectivity index (χ1) is 35.8. The van der Waals surface area contributed by atoms with E-state index >= 15 is 0 Å². The monoisotopic (exact) mass is 1090 g/mol. The van der Waals surface area contributed by atoms with Gasteiger partial charge in [-0.05, 0) is 51.0 Å². The summed E-state index contributed by atoms with van der Waals surface area (Å²) < 4.78 is 21.1. The zero-order chi connectivity index (χ0) is 56.2. The second kappa shape index (κ2) is 27.1. The van der Waals surface area contributed by atoms with Crippen LogP contribution in [-0.4, -0.2) is 191 Å². The number of nitrogens with one attached hydrogen (secondary N) is 5. The third-order valence-electron chi connectivity index (χ3n) is 12.4. The minimum Gasteiger partial charge on any atom is -0.485 e. The van der Waals surface area contributed by atoms with Crippen LogP contribution in [0.5, 0.6) is 11.5 Å². The zero-order valence-electron chi connectivity index (χ0n) is 42.1. The number of carbonyl (C=O) groups excluding carboxylic acids is 8. The van der Waals surface area contributed by atoms with E-state index < -0.39 is 171 Å². The van der Waals surface area contributed by atoms with Gasteiger partial charge in [0, 0.05) is 44.8 Å². The van der Waals surface area contributed by atoms with Crippen molar-refractivity contribution in [2.75, 3.05) is 19.6 Å². The second-order valence-electron chi connectivity index (χ2n) is 19.7. The second-order valence-corrected chi connectivity index (χ2v) is 20.1. The van der Waals surface area contributed by atoms with Crippen LogP contribution in [0.2, 0.25) is 0 Å². The molecule has 3 aliphatic rings. The number of aliphatic hydroxyl groups is 6. The number of ether oxygens (including phenoxy) is 2. The lowest BCUT2D eigenvalue weighted by Crippen LogP contribution is -2.64. The molecule has 2 aromatic carbocycles. The number of hydrogen-bond donors (Lipinski definition) is 13. The molecule has 3 fully saturated rings. The first-order valence-electron chi connectivity index (χ1n) is 24.0. The molecule has 420 valence electrons. The molecule has 3 aliphatic heterocycles. The Morgan fingerprint density at radius 2 is 1.46 bits per heavy atom. The zero-order valence-corrected chi connectivity index (χ0v) is 42.9. The Bertz CT molecular complexity index is 2380. The van der Waals surface area contributed by atoms with Crippen LogP contribution in [0.25, 0.3) is 0 Å². The summed E-state index contributed by atoms with van der Waals surface area (Å²) in [5.74, 6) is -9.23. The Labute approximate surface area is 440 Å². The van der Waals surface area contributed by atoms with Crippen molar-refractivity contribution in [2.45, 2.75) is 145 Å². The van der Waals surface area contributed by atoms with Crippen LogP contribution in [0.3, 0.4) is 0 Å². The number of alkyl carbamates (subject to hydrolysis) is 1. The molecule has 29 heteroatoms. The van der Waals surface area contributed by atoms with Gasteiger partial charge in [-0.3, -0.25) is 33.6 Å². The molecule has 0 aromatic heterocycles. The maximum absolute atomic E-state index is 14.7. The Morgan fingerprint density at radius 3 is 2.11 bits per heavy atom.